The zero-order chi connectivity index (χ0) is 18.1. The predicted molar refractivity (Wildman–Crippen MR) is 105 cm³/mol. The largest absolute Gasteiger partial charge is 0.343 e. The van der Waals surface area contributed by atoms with Crippen LogP contribution in [0.1, 0.15) is 16.1 Å². The molecule has 1 heterocycles. The van der Waals surface area contributed by atoms with Crippen molar-refractivity contribution in [3.05, 3.63) is 75.0 Å². The van der Waals surface area contributed by atoms with E-state index in [0.29, 0.717) is 27.2 Å². The van der Waals surface area contributed by atoms with E-state index in [9.17, 15) is 9.59 Å². The zero-order valence-corrected chi connectivity index (χ0v) is 16.1. The third-order valence-corrected chi connectivity index (χ3v) is 4.78. The molecule has 0 N–H and O–H groups in total. The molecule has 0 aliphatic heterocycles. The Morgan fingerprint density at radius 1 is 1.16 bits per heavy atom. The fourth-order valence-electron chi connectivity index (χ4n) is 2.81. The van der Waals surface area contributed by atoms with Crippen molar-refractivity contribution in [3.8, 4) is 5.69 Å². The van der Waals surface area contributed by atoms with Gasteiger partial charge in [0.25, 0.3) is 5.91 Å². The fourth-order valence-corrected chi connectivity index (χ4v) is 3.50. The van der Waals surface area contributed by atoms with Gasteiger partial charge < -0.3 is 9.47 Å². The molecule has 0 aliphatic rings. The highest BCUT2D eigenvalue weighted by Gasteiger charge is 2.24. The van der Waals surface area contributed by atoms with E-state index in [1.807, 2.05) is 34.9 Å². The minimum absolute atomic E-state index is 0.166. The summed E-state index contributed by atoms with van der Waals surface area (Å²) in [5.41, 5.74) is 2.01. The van der Waals surface area contributed by atoms with Crippen molar-refractivity contribution in [1.82, 2.24) is 9.47 Å². The summed E-state index contributed by atoms with van der Waals surface area (Å²) in [5, 5.41) is 1.32. The van der Waals surface area contributed by atoms with Gasteiger partial charge in [-0.05, 0) is 30.3 Å². The second-order valence-corrected chi connectivity index (χ2v) is 6.82. The number of hydrogen-bond acceptors (Lipinski definition) is 2. The predicted octanol–water partition coefficient (Wildman–Crippen LogP) is 4.24. The van der Waals surface area contributed by atoms with Gasteiger partial charge in [-0.1, -0.05) is 45.7 Å². The molecule has 3 rings (SSSR count). The molecule has 0 saturated carbocycles. The number of alkyl halides is 1. The lowest BCUT2D eigenvalue weighted by molar-refractivity contribution is 0.0818. The standard InChI is InChI=1S/C19H16BrClN2O2/c1-22(2)19(25)17-15(11-20)18(24)14-9-8-12(21)10-16(14)23(17)13-6-4-3-5-7-13/h3-10H,11H2,1-2H3. The Bertz CT molecular complexity index is 1010. The number of para-hydroxylation sites is 1. The maximum Gasteiger partial charge on any atom is 0.270 e. The monoisotopic (exact) mass is 418 g/mol. The lowest BCUT2D eigenvalue weighted by atomic mass is 10.1. The van der Waals surface area contributed by atoms with Crippen molar-refractivity contribution >= 4 is 44.3 Å². The molecule has 1 amide bonds. The molecule has 2 aromatic carbocycles. The summed E-state index contributed by atoms with van der Waals surface area (Å²) in [4.78, 5) is 27.3. The molecule has 0 aliphatic carbocycles. The van der Waals surface area contributed by atoms with E-state index in [4.69, 9.17) is 11.6 Å². The van der Waals surface area contributed by atoms with Crippen molar-refractivity contribution < 1.29 is 4.79 Å². The lowest BCUT2D eigenvalue weighted by Crippen LogP contribution is -2.30. The van der Waals surface area contributed by atoms with Gasteiger partial charge in [-0.3, -0.25) is 9.59 Å². The number of hydrogen-bond donors (Lipinski definition) is 0. The number of aromatic nitrogens is 1. The molecule has 1 aromatic heterocycles. The van der Waals surface area contributed by atoms with Crippen LogP contribution in [0.3, 0.4) is 0 Å². The highest BCUT2D eigenvalue weighted by molar-refractivity contribution is 9.08. The summed E-state index contributed by atoms with van der Waals surface area (Å²) >= 11 is 9.55. The molecule has 0 spiro atoms. The first kappa shape index (κ1) is 17.7. The Morgan fingerprint density at radius 3 is 2.44 bits per heavy atom. The van der Waals surface area contributed by atoms with Gasteiger partial charge in [0.2, 0.25) is 0 Å². The number of halogens is 2. The van der Waals surface area contributed by atoms with Gasteiger partial charge in [0.05, 0.1) is 5.52 Å². The first-order valence-corrected chi connectivity index (χ1v) is 9.16. The van der Waals surface area contributed by atoms with E-state index in [2.05, 4.69) is 15.9 Å². The minimum atomic E-state index is -0.239. The van der Waals surface area contributed by atoms with Crippen molar-refractivity contribution in [2.24, 2.45) is 0 Å². The molecule has 0 unspecified atom stereocenters. The molecule has 0 fully saturated rings. The van der Waals surface area contributed by atoms with Crippen molar-refractivity contribution in [2.75, 3.05) is 14.1 Å². The van der Waals surface area contributed by atoms with Crippen LogP contribution in [0, 0.1) is 0 Å². The minimum Gasteiger partial charge on any atom is -0.343 e. The third kappa shape index (κ3) is 3.10. The van der Waals surface area contributed by atoms with Gasteiger partial charge in [0.1, 0.15) is 5.69 Å². The lowest BCUT2D eigenvalue weighted by Gasteiger charge is -2.21. The first-order valence-electron chi connectivity index (χ1n) is 7.66. The smallest absolute Gasteiger partial charge is 0.270 e. The van der Waals surface area contributed by atoms with Crippen LogP contribution in [-0.2, 0) is 5.33 Å². The maximum absolute atomic E-state index is 12.9. The molecular formula is C19H16BrClN2O2. The number of fused-ring (bicyclic) bond motifs is 1. The Morgan fingerprint density at radius 2 is 1.84 bits per heavy atom. The van der Waals surface area contributed by atoms with Gasteiger partial charge in [-0.2, -0.15) is 0 Å². The van der Waals surface area contributed by atoms with Gasteiger partial charge in [-0.15, -0.1) is 0 Å². The van der Waals surface area contributed by atoms with E-state index in [1.54, 1.807) is 32.3 Å². The molecule has 0 saturated heterocycles. The van der Waals surface area contributed by atoms with E-state index < -0.39 is 0 Å². The molecular weight excluding hydrogens is 404 g/mol. The summed E-state index contributed by atoms with van der Waals surface area (Å²) in [7, 11) is 3.34. The van der Waals surface area contributed by atoms with Crippen LogP contribution in [-0.4, -0.2) is 29.5 Å². The quantitative estimate of drug-likeness (QED) is 0.596. The number of nitrogens with zero attached hydrogens (tertiary/aromatic N) is 2. The summed E-state index contributed by atoms with van der Waals surface area (Å²) in [6, 6.07) is 14.6. The second-order valence-electron chi connectivity index (χ2n) is 5.82. The molecule has 0 radical (unpaired) electrons. The van der Waals surface area contributed by atoms with Crippen molar-refractivity contribution in [3.63, 3.8) is 0 Å². The Balaban J connectivity index is 2.58. The highest BCUT2D eigenvalue weighted by atomic mass is 79.9. The van der Waals surface area contributed by atoms with E-state index in [0.717, 1.165) is 5.69 Å². The van der Waals surface area contributed by atoms with Crippen molar-refractivity contribution in [2.45, 2.75) is 5.33 Å². The van der Waals surface area contributed by atoms with E-state index >= 15 is 0 Å². The Kier molecular flexibility index (Phi) is 4.97. The molecule has 4 nitrogen and oxygen atoms in total. The first-order chi connectivity index (χ1) is 12.0. The number of carbonyl (C=O) groups is 1. The topological polar surface area (TPSA) is 42.3 Å². The SMILES string of the molecule is CN(C)C(=O)c1c(CBr)c(=O)c2ccc(Cl)cc2n1-c1ccccc1. The van der Waals surface area contributed by atoms with Crippen LogP contribution in [0.15, 0.2) is 53.3 Å². The number of rotatable bonds is 3. The normalized spacial score (nSPS) is 10.9. The van der Waals surface area contributed by atoms with Crippen LogP contribution in [0.5, 0.6) is 0 Å². The number of amides is 1. The van der Waals surface area contributed by atoms with Gasteiger partial charge in [0.15, 0.2) is 5.43 Å². The van der Waals surface area contributed by atoms with Crippen LogP contribution in [0.2, 0.25) is 5.02 Å². The van der Waals surface area contributed by atoms with Gasteiger partial charge in [-0.25, -0.2) is 0 Å². The van der Waals surface area contributed by atoms with Crippen LogP contribution < -0.4 is 5.43 Å². The van der Waals surface area contributed by atoms with Gasteiger partial charge >= 0.3 is 0 Å². The average molecular weight is 420 g/mol. The Labute approximate surface area is 158 Å². The fraction of sp³-hybridized carbons (Fsp3) is 0.158. The highest BCUT2D eigenvalue weighted by Crippen LogP contribution is 2.26. The molecule has 0 bridgehead atoms. The zero-order valence-electron chi connectivity index (χ0n) is 13.8. The van der Waals surface area contributed by atoms with Crippen LogP contribution >= 0.6 is 27.5 Å². The number of pyridine rings is 1. The summed E-state index contributed by atoms with van der Waals surface area (Å²) in [6.07, 6.45) is 0. The summed E-state index contributed by atoms with van der Waals surface area (Å²) in [6.45, 7) is 0. The summed E-state index contributed by atoms with van der Waals surface area (Å²) in [5.74, 6) is -0.239. The Hall–Kier alpha value is -2.11. The third-order valence-electron chi connectivity index (χ3n) is 3.99. The number of carbonyl (C=O) groups excluding carboxylic acids is 1. The molecule has 6 heteroatoms. The summed E-state index contributed by atoms with van der Waals surface area (Å²) < 4.78 is 1.81. The van der Waals surface area contributed by atoms with E-state index in [-0.39, 0.29) is 16.7 Å². The number of benzene rings is 2. The van der Waals surface area contributed by atoms with Crippen LogP contribution in [0.4, 0.5) is 0 Å². The molecule has 0 atom stereocenters. The molecule has 25 heavy (non-hydrogen) atoms. The van der Waals surface area contributed by atoms with E-state index in [1.165, 1.54) is 4.90 Å². The average Bonchev–Trinajstić information content (AvgIpc) is 2.61. The molecule has 3 aromatic rings. The van der Waals surface area contributed by atoms with Crippen molar-refractivity contribution in [1.29, 1.82) is 0 Å². The maximum atomic E-state index is 12.9. The van der Waals surface area contributed by atoms with Gasteiger partial charge in [0, 0.05) is 41.1 Å². The molecule has 128 valence electrons. The van der Waals surface area contributed by atoms with Crippen LogP contribution in [0.25, 0.3) is 16.6 Å². The second kappa shape index (κ2) is 7.02.